The van der Waals surface area contributed by atoms with Crippen molar-refractivity contribution in [2.45, 2.75) is 26.2 Å². The molecular weight excluding hydrogens is 163 g/mol. The molecule has 1 aromatic rings. The Kier molecular flexibility index (Phi) is 3.24. The Hall–Kier alpha value is -1.11. The standard InChI is InChI=1S/C12H15F/c1-4-9(3)11-6-7-12(13)10(5-2)8-11/h4,6-9H,1,5H2,2-3H3. The van der Waals surface area contributed by atoms with Crippen LogP contribution in [0.2, 0.25) is 0 Å². The Morgan fingerprint density at radius 2 is 2.23 bits per heavy atom. The monoisotopic (exact) mass is 178 g/mol. The lowest BCUT2D eigenvalue weighted by atomic mass is 9.98. The van der Waals surface area contributed by atoms with Gasteiger partial charge in [-0.1, -0.05) is 32.1 Å². The molecule has 0 radical (unpaired) electrons. The molecule has 0 aliphatic rings. The number of hydrogen-bond donors (Lipinski definition) is 0. The number of aryl methyl sites for hydroxylation is 1. The van der Waals surface area contributed by atoms with Crippen molar-refractivity contribution in [1.29, 1.82) is 0 Å². The van der Waals surface area contributed by atoms with Crippen LogP contribution in [0.15, 0.2) is 30.9 Å². The van der Waals surface area contributed by atoms with Gasteiger partial charge in [0.25, 0.3) is 0 Å². The zero-order valence-corrected chi connectivity index (χ0v) is 8.18. The Labute approximate surface area is 79.1 Å². The minimum Gasteiger partial charge on any atom is -0.207 e. The Balaban J connectivity index is 3.05. The molecule has 0 saturated carbocycles. The molecule has 1 unspecified atom stereocenters. The molecule has 0 nitrogen and oxygen atoms in total. The highest BCUT2D eigenvalue weighted by Gasteiger charge is 2.04. The fourth-order valence-electron chi connectivity index (χ4n) is 1.28. The van der Waals surface area contributed by atoms with Gasteiger partial charge in [-0.25, -0.2) is 4.39 Å². The van der Waals surface area contributed by atoms with Crippen LogP contribution in [-0.4, -0.2) is 0 Å². The maximum absolute atomic E-state index is 13.1. The second-order valence-corrected chi connectivity index (χ2v) is 3.23. The smallest absolute Gasteiger partial charge is 0.126 e. The van der Waals surface area contributed by atoms with Crippen molar-refractivity contribution in [3.8, 4) is 0 Å². The Morgan fingerprint density at radius 1 is 1.54 bits per heavy atom. The highest BCUT2D eigenvalue weighted by Crippen LogP contribution is 2.19. The first-order valence-corrected chi connectivity index (χ1v) is 4.60. The minimum absolute atomic E-state index is 0.109. The molecule has 13 heavy (non-hydrogen) atoms. The molecule has 0 spiro atoms. The summed E-state index contributed by atoms with van der Waals surface area (Å²) >= 11 is 0. The third kappa shape index (κ3) is 2.18. The van der Waals surface area contributed by atoms with E-state index < -0.39 is 0 Å². The molecule has 1 aromatic carbocycles. The summed E-state index contributed by atoms with van der Waals surface area (Å²) in [7, 11) is 0. The van der Waals surface area contributed by atoms with Crippen LogP contribution in [0.1, 0.15) is 30.9 Å². The minimum atomic E-state index is -0.109. The lowest BCUT2D eigenvalue weighted by Crippen LogP contribution is -1.94. The average molecular weight is 178 g/mol. The van der Waals surface area contributed by atoms with E-state index in [-0.39, 0.29) is 5.82 Å². The highest BCUT2D eigenvalue weighted by atomic mass is 19.1. The molecule has 0 N–H and O–H groups in total. The van der Waals surface area contributed by atoms with Crippen molar-refractivity contribution in [2.75, 3.05) is 0 Å². The molecule has 1 heteroatoms. The quantitative estimate of drug-likeness (QED) is 0.619. The van der Waals surface area contributed by atoms with Gasteiger partial charge in [0.05, 0.1) is 0 Å². The molecule has 0 bridgehead atoms. The number of halogens is 1. The largest absolute Gasteiger partial charge is 0.207 e. The van der Waals surface area contributed by atoms with E-state index in [0.717, 1.165) is 17.5 Å². The van der Waals surface area contributed by atoms with Crippen LogP contribution in [0.25, 0.3) is 0 Å². The van der Waals surface area contributed by atoms with E-state index in [4.69, 9.17) is 0 Å². The molecule has 0 saturated heterocycles. The Bertz CT molecular complexity index is 302. The summed E-state index contributed by atoms with van der Waals surface area (Å²) in [5, 5.41) is 0. The van der Waals surface area contributed by atoms with Gasteiger partial charge in [0, 0.05) is 0 Å². The summed E-state index contributed by atoms with van der Waals surface area (Å²) in [5.41, 5.74) is 1.92. The highest BCUT2D eigenvalue weighted by molar-refractivity contribution is 5.29. The average Bonchev–Trinajstić information content (AvgIpc) is 2.17. The van der Waals surface area contributed by atoms with Gasteiger partial charge in [0.1, 0.15) is 5.82 Å². The Morgan fingerprint density at radius 3 is 2.77 bits per heavy atom. The predicted octanol–water partition coefficient (Wildman–Crippen LogP) is 3.68. The molecule has 0 heterocycles. The van der Waals surface area contributed by atoms with Gasteiger partial charge in [-0.3, -0.25) is 0 Å². The van der Waals surface area contributed by atoms with E-state index >= 15 is 0 Å². The van der Waals surface area contributed by atoms with Crippen LogP contribution in [0, 0.1) is 5.82 Å². The summed E-state index contributed by atoms with van der Waals surface area (Å²) in [6.45, 7) is 7.74. The number of hydrogen-bond acceptors (Lipinski definition) is 0. The van der Waals surface area contributed by atoms with Crippen LogP contribution < -0.4 is 0 Å². The third-order valence-electron chi connectivity index (χ3n) is 2.33. The van der Waals surface area contributed by atoms with Crippen molar-refractivity contribution >= 4 is 0 Å². The SMILES string of the molecule is C=CC(C)c1ccc(F)c(CC)c1. The number of benzene rings is 1. The summed E-state index contributed by atoms with van der Waals surface area (Å²) < 4.78 is 13.1. The van der Waals surface area contributed by atoms with E-state index in [1.165, 1.54) is 6.07 Å². The molecule has 0 fully saturated rings. The van der Waals surface area contributed by atoms with Gasteiger partial charge < -0.3 is 0 Å². The molecule has 0 amide bonds. The maximum atomic E-state index is 13.1. The van der Waals surface area contributed by atoms with Crippen LogP contribution in [-0.2, 0) is 6.42 Å². The summed E-state index contributed by atoms with van der Waals surface area (Å²) in [6, 6.07) is 5.27. The second kappa shape index (κ2) is 4.22. The third-order valence-corrected chi connectivity index (χ3v) is 2.33. The number of allylic oxidation sites excluding steroid dienone is 1. The molecule has 1 rings (SSSR count). The van der Waals surface area contributed by atoms with Crippen LogP contribution in [0.3, 0.4) is 0 Å². The van der Waals surface area contributed by atoms with E-state index in [2.05, 4.69) is 13.5 Å². The summed E-state index contributed by atoms with van der Waals surface area (Å²) in [5.74, 6) is 0.188. The van der Waals surface area contributed by atoms with E-state index in [1.54, 1.807) is 0 Å². The molecule has 70 valence electrons. The van der Waals surface area contributed by atoms with Gasteiger partial charge in [0.2, 0.25) is 0 Å². The molecule has 0 aliphatic carbocycles. The lowest BCUT2D eigenvalue weighted by Gasteiger charge is -2.08. The van der Waals surface area contributed by atoms with E-state index in [0.29, 0.717) is 5.92 Å². The molecule has 0 aromatic heterocycles. The van der Waals surface area contributed by atoms with E-state index in [1.807, 2.05) is 25.1 Å². The first-order valence-electron chi connectivity index (χ1n) is 4.60. The van der Waals surface area contributed by atoms with E-state index in [9.17, 15) is 4.39 Å². The van der Waals surface area contributed by atoms with Gasteiger partial charge in [-0.2, -0.15) is 0 Å². The van der Waals surface area contributed by atoms with Crippen molar-refractivity contribution in [3.63, 3.8) is 0 Å². The zero-order chi connectivity index (χ0) is 9.84. The fraction of sp³-hybridized carbons (Fsp3) is 0.333. The molecule has 1 atom stereocenters. The van der Waals surface area contributed by atoms with Crippen molar-refractivity contribution in [1.82, 2.24) is 0 Å². The fourth-order valence-corrected chi connectivity index (χ4v) is 1.28. The van der Waals surface area contributed by atoms with Gasteiger partial charge in [0.15, 0.2) is 0 Å². The number of rotatable bonds is 3. The summed E-state index contributed by atoms with van der Waals surface area (Å²) in [4.78, 5) is 0. The van der Waals surface area contributed by atoms with Crippen molar-refractivity contribution in [2.24, 2.45) is 0 Å². The first kappa shape index (κ1) is 9.97. The normalized spacial score (nSPS) is 12.5. The van der Waals surface area contributed by atoms with Gasteiger partial charge in [-0.15, -0.1) is 6.58 Å². The van der Waals surface area contributed by atoms with Gasteiger partial charge in [-0.05, 0) is 29.5 Å². The van der Waals surface area contributed by atoms with Crippen LogP contribution in [0.4, 0.5) is 4.39 Å². The topological polar surface area (TPSA) is 0 Å². The van der Waals surface area contributed by atoms with Crippen molar-refractivity contribution in [3.05, 3.63) is 47.8 Å². The zero-order valence-electron chi connectivity index (χ0n) is 8.18. The van der Waals surface area contributed by atoms with Crippen molar-refractivity contribution < 1.29 is 4.39 Å². The summed E-state index contributed by atoms with van der Waals surface area (Å²) in [6.07, 6.45) is 2.61. The second-order valence-electron chi connectivity index (χ2n) is 3.23. The predicted molar refractivity (Wildman–Crippen MR) is 54.4 cm³/mol. The first-order chi connectivity index (χ1) is 6.19. The lowest BCUT2D eigenvalue weighted by molar-refractivity contribution is 0.611. The van der Waals surface area contributed by atoms with Crippen LogP contribution >= 0.6 is 0 Å². The van der Waals surface area contributed by atoms with Gasteiger partial charge >= 0.3 is 0 Å². The molecule has 0 aliphatic heterocycles. The van der Waals surface area contributed by atoms with Crippen LogP contribution in [0.5, 0.6) is 0 Å². The maximum Gasteiger partial charge on any atom is 0.126 e. The molecular formula is C12H15F.